The molecule has 0 amide bonds. The molecular formula is C16H28O. The molecule has 0 N–H and O–H groups in total. The highest BCUT2D eigenvalue weighted by Gasteiger charge is 2.65. The SMILES string of the molecule is CC1=C(C)C2(C(C)(C)C)CCC1(C(C)(C)C)O2. The van der Waals surface area contributed by atoms with Gasteiger partial charge in [-0.3, -0.25) is 0 Å². The molecule has 2 atom stereocenters. The second kappa shape index (κ2) is 3.17. The molecule has 1 fully saturated rings. The van der Waals surface area contributed by atoms with Gasteiger partial charge in [0.2, 0.25) is 0 Å². The van der Waals surface area contributed by atoms with Crippen molar-refractivity contribution in [1.29, 1.82) is 0 Å². The van der Waals surface area contributed by atoms with Crippen LogP contribution in [0.15, 0.2) is 11.1 Å². The number of hydrogen-bond acceptors (Lipinski definition) is 1. The maximum absolute atomic E-state index is 6.73. The summed E-state index contributed by atoms with van der Waals surface area (Å²) in [7, 11) is 0. The van der Waals surface area contributed by atoms with E-state index >= 15 is 0 Å². The van der Waals surface area contributed by atoms with Gasteiger partial charge in [0.1, 0.15) is 0 Å². The quantitative estimate of drug-likeness (QED) is 0.553. The number of ether oxygens (including phenoxy) is 1. The third-order valence-corrected chi connectivity index (χ3v) is 5.37. The molecule has 98 valence electrons. The summed E-state index contributed by atoms with van der Waals surface area (Å²) >= 11 is 0. The summed E-state index contributed by atoms with van der Waals surface area (Å²) in [5, 5.41) is 0. The highest BCUT2D eigenvalue weighted by Crippen LogP contribution is 2.64. The van der Waals surface area contributed by atoms with Crippen LogP contribution in [-0.4, -0.2) is 11.2 Å². The molecule has 0 aromatic heterocycles. The summed E-state index contributed by atoms with van der Waals surface area (Å²) in [5.74, 6) is 0. The van der Waals surface area contributed by atoms with Crippen LogP contribution in [0.5, 0.6) is 0 Å². The van der Waals surface area contributed by atoms with E-state index in [4.69, 9.17) is 4.74 Å². The van der Waals surface area contributed by atoms with E-state index in [9.17, 15) is 0 Å². The first-order valence-electron chi connectivity index (χ1n) is 6.87. The maximum Gasteiger partial charge on any atom is 0.0953 e. The number of hydrogen-bond donors (Lipinski definition) is 0. The molecule has 2 aliphatic rings. The fourth-order valence-electron chi connectivity index (χ4n) is 4.07. The molecule has 17 heavy (non-hydrogen) atoms. The monoisotopic (exact) mass is 236 g/mol. The Bertz CT molecular complexity index is 341. The van der Waals surface area contributed by atoms with Crippen LogP contribution in [-0.2, 0) is 4.74 Å². The van der Waals surface area contributed by atoms with Crippen LogP contribution in [0.3, 0.4) is 0 Å². The van der Waals surface area contributed by atoms with Crippen molar-refractivity contribution < 1.29 is 4.74 Å². The van der Waals surface area contributed by atoms with Crippen LogP contribution < -0.4 is 0 Å². The molecule has 0 radical (unpaired) electrons. The zero-order valence-corrected chi connectivity index (χ0v) is 12.8. The van der Waals surface area contributed by atoms with E-state index in [1.807, 2.05) is 0 Å². The van der Waals surface area contributed by atoms with Gasteiger partial charge in [0.05, 0.1) is 11.2 Å². The molecule has 0 aromatic rings. The molecular weight excluding hydrogens is 208 g/mol. The lowest BCUT2D eigenvalue weighted by Gasteiger charge is -2.42. The molecule has 2 unspecified atom stereocenters. The largest absolute Gasteiger partial charge is 0.359 e. The molecule has 0 aliphatic carbocycles. The molecule has 2 rings (SSSR count). The first kappa shape index (κ1) is 13.1. The average Bonchev–Trinajstić information content (AvgIpc) is 2.63. The summed E-state index contributed by atoms with van der Waals surface area (Å²) in [6, 6.07) is 0. The predicted octanol–water partition coefficient (Wildman–Crippen LogP) is 4.72. The Balaban J connectivity index is 2.58. The van der Waals surface area contributed by atoms with E-state index in [0.29, 0.717) is 0 Å². The van der Waals surface area contributed by atoms with Crippen LogP contribution in [0.4, 0.5) is 0 Å². The fraction of sp³-hybridized carbons (Fsp3) is 0.875. The van der Waals surface area contributed by atoms with E-state index in [-0.39, 0.29) is 22.0 Å². The molecule has 2 heterocycles. The van der Waals surface area contributed by atoms with Crippen molar-refractivity contribution >= 4 is 0 Å². The lowest BCUT2D eigenvalue weighted by Crippen LogP contribution is -2.44. The van der Waals surface area contributed by atoms with E-state index in [1.165, 1.54) is 24.0 Å². The number of fused-ring (bicyclic) bond motifs is 2. The molecule has 1 saturated heterocycles. The van der Waals surface area contributed by atoms with Crippen LogP contribution in [0.1, 0.15) is 68.2 Å². The lowest BCUT2D eigenvalue weighted by molar-refractivity contribution is -0.133. The minimum absolute atomic E-state index is 0.0234. The summed E-state index contributed by atoms with van der Waals surface area (Å²) in [6.07, 6.45) is 2.36. The second-order valence-electron chi connectivity index (χ2n) is 8.01. The first-order chi connectivity index (χ1) is 7.48. The van der Waals surface area contributed by atoms with Crippen molar-refractivity contribution in [3.63, 3.8) is 0 Å². The van der Waals surface area contributed by atoms with Gasteiger partial charge in [0.25, 0.3) is 0 Å². The van der Waals surface area contributed by atoms with E-state index in [2.05, 4.69) is 55.4 Å². The van der Waals surface area contributed by atoms with Crippen LogP contribution in [0, 0.1) is 10.8 Å². The van der Waals surface area contributed by atoms with Crippen molar-refractivity contribution in [2.24, 2.45) is 10.8 Å². The maximum atomic E-state index is 6.73. The first-order valence-corrected chi connectivity index (χ1v) is 6.87. The minimum Gasteiger partial charge on any atom is -0.359 e. The van der Waals surface area contributed by atoms with Gasteiger partial charge < -0.3 is 4.74 Å². The molecule has 2 bridgehead atoms. The lowest BCUT2D eigenvalue weighted by atomic mass is 9.62. The van der Waals surface area contributed by atoms with Crippen molar-refractivity contribution in [3.05, 3.63) is 11.1 Å². The molecule has 1 heteroatoms. The Kier molecular flexibility index (Phi) is 2.45. The second-order valence-corrected chi connectivity index (χ2v) is 8.01. The van der Waals surface area contributed by atoms with Crippen LogP contribution in [0.25, 0.3) is 0 Å². The zero-order chi connectivity index (χ0) is 13.3. The Morgan fingerprint density at radius 3 is 1.24 bits per heavy atom. The Hall–Kier alpha value is -0.300. The summed E-state index contributed by atoms with van der Waals surface area (Å²) in [6.45, 7) is 18.4. The smallest absolute Gasteiger partial charge is 0.0953 e. The van der Waals surface area contributed by atoms with Crippen molar-refractivity contribution in [2.45, 2.75) is 79.4 Å². The summed E-state index contributed by atoms with van der Waals surface area (Å²) < 4.78 is 6.73. The van der Waals surface area contributed by atoms with Gasteiger partial charge in [-0.25, -0.2) is 0 Å². The molecule has 0 spiro atoms. The summed E-state index contributed by atoms with van der Waals surface area (Å²) in [5.41, 5.74) is 3.30. The standard InChI is InChI=1S/C16H28O/c1-11-12(2)16(14(6,7)8)10-9-15(11,17-16)13(3,4)5/h9-10H2,1-8H3. The van der Waals surface area contributed by atoms with Crippen LogP contribution >= 0.6 is 0 Å². The van der Waals surface area contributed by atoms with Crippen molar-refractivity contribution in [1.82, 2.24) is 0 Å². The van der Waals surface area contributed by atoms with E-state index in [1.54, 1.807) is 0 Å². The molecule has 0 saturated carbocycles. The minimum atomic E-state index is -0.0234. The normalized spacial score (nSPS) is 38.1. The third kappa shape index (κ3) is 1.35. The average molecular weight is 236 g/mol. The molecule has 1 nitrogen and oxygen atoms in total. The van der Waals surface area contributed by atoms with Gasteiger partial charge in [-0.1, -0.05) is 41.5 Å². The van der Waals surface area contributed by atoms with Gasteiger partial charge in [-0.2, -0.15) is 0 Å². The van der Waals surface area contributed by atoms with E-state index < -0.39 is 0 Å². The van der Waals surface area contributed by atoms with Crippen LogP contribution in [0.2, 0.25) is 0 Å². The van der Waals surface area contributed by atoms with Crippen molar-refractivity contribution in [2.75, 3.05) is 0 Å². The topological polar surface area (TPSA) is 9.23 Å². The number of rotatable bonds is 0. The van der Waals surface area contributed by atoms with Crippen molar-refractivity contribution in [3.8, 4) is 0 Å². The molecule has 0 aromatic carbocycles. The van der Waals surface area contributed by atoms with Gasteiger partial charge >= 0.3 is 0 Å². The predicted molar refractivity (Wildman–Crippen MR) is 73.1 cm³/mol. The zero-order valence-electron chi connectivity index (χ0n) is 12.8. The van der Waals surface area contributed by atoms with Gasteiger partial charge in [-0.15, -0.1) is 0 Å². The van der Waals surface area contributed by atoms with E-state index in [0.717, 1.165) is 0 Å². The Morgan fingerprint density at radius 1 is 0.765 bits per heavy atom. The van der Waals surface area contributed by atoms with Gasteiger partial charge in [0.15, 0.2) is 0 Å². The molecule has 2 aliphatic heterocycles. The highest BCUT2D eigenvalue weighted by atomic mass is 16.5. The fourth-order valence-corrected chi connectivity index (χ4v) is 4.07. The van der Waals surface area contributed by atoms with Gasteiger partial charge in [0, 0.05) is 0 Å². The highest BCUT2D eigenvalue weighted by molar-refractivity contribution is 5.42. The Labute approximate surface area is 107 Å². The Morgan fingerprint density at radius 2 is 1.06 bits per heavy atom. The third-order valence-electron chi connectivity index (χ3n) is 5.37. The van der Waals surface area contributed by atoms with Gasteiger partial charge in [-0.05, 0) is 48.7 Å². The summed E-state index contributed by atoms with van der Waals surface area (Å²) in [4.78, 5) is 0.